The smallest absolute Gasteiger partial charge is 0.188 e. The maximum Gasteiger partial charge on any atom is 0.188 e. The summed E-state index contributed by atoms with van der Waals surface area (Å²) in [5.41, 5.74) is 26.0. The van der Waals surface area contributed by atoms with Crippen molar-refractivity contribution in [2.75, 3.05) is 32.7 Å². The van der Waals surface area contributed by atoms with E-state index >= 15 is 8.78 Å². The van der Waals surface area contributed by atoms with Crippen molar-refractivity contribution in [3.8, 4) is 22.8 Å². The lowest BCUT2D eigenvalue weighted by Gasteiger charge is -2.26. The molecule has 14 heteroatoms. The Balaban J connectivity index is 1.47. The Morgan fingerprint density at radius 1 is 0.767 bits per heavy atom. The quantitative estimate of drug-likeness (QED) is 0.178. The van der Waals surface area contributed by atoms with Crippen LogP contribution in [0.1, 0.15) is 24.0 Å². The number of nitrogens with two attached hydrogens (primary N) is 4. The first kappa shape index (κ1) is 29.2. The van der Waals surface area contributed by atoms with Crippen molar-refractivity contribution < 1.29 is 8.78 Å². The minimum absolute atomic E-state index is 0.00542. The molecule has 5 rings (SSSR count). The number of rotatable bonds is 7. The fourth-order valence-corrected chi connectivity index (χ4v) is 5.29. The number of aliphatic imine (C=N–C) groups is 1. The molecule has 3 heterocycles. The van der Waals surface area contributed by atoms with Crippen LogP contribution >= 0.6 is 0 Å². The summed E-state index contributed by atoms with van der Waals surface area (Å²) in [6, 6.07) is 9.77. The topological polar surface area (TPSA) is 201 Å². The molecule has 2 aliphatic heterocycles. The Morgan fingerprint density at radius 3 is 1.58 bits per heavy atom. The zero-order chi connectivity index (χ0) is 30.7. The average molecular weight is 589 g/mol. The molecule has 2 aromatic carbocycles. The number of hydrogen-bond donors (Lipinski definition) is 6. The van der Waals surface area contributed by atoms with Gasteiger partial charge in [-0.05, 0) is 59.4 Å². The summed E-state index contributed by atoms with van der Waals surface area (Å²) in [7, 11) is 0. The van der Waals surface area contributed by atoms with Crippen LogP contribution in [0.15, 0.2) is 53.5 Å². The van der Waals surface area contributed by atoms with Crippen LogP contribution in [0, 0.1) is 22.5 Å². The summed E-state index contributed by atoms with van der Waals surface area (Å²) in [4.78, 5) is 7.50. The number of guanidine groups is 3. The van der Waals surface area contributed by atoms with Crippen molar-refractivity contribution in [3.63, 3.8) is 0 Å². The molecule has 0 radical (unpaired) electrons. The standard InChI is InChI=1S/C29H34F2N12/c30-23-15-19(17-5-10-41(11-6-17)28(34)35)1-3-21(23)25-39-40-26(43(25)14-9-38-27(32)33)22-4-2-20(16-24(22)31)18-7-12-42(13-8-18)29(36)37/h1-5,7,15-16H,6,8-14H2,(H3,34,35)(H3,36,37)(H4,32,33,38). The van der Waals surface area contributed by atoms with Gasteiger partial charge in [0.25, 0.3) is 0 Å². The summed E-state index contributed by atoms with van der Waals surface area (Å²) >= 11 is 0. The van der Waals surface area contributed by atoms with E-state index < -0.39 is 11.6 Å². The van der Waals surface area contributed by atoms with Gasteiger partial charge in [-0.15, -0.1) is 10.2 Å². The van der Waals surface area contributed by atoms with E-state index in [1.54, 1.807) is 26.5 Å². The summed E-state index contributed by atoms with van der Waals surface area (Å²) < 4.78 is 32.8. The van der Waals surface area contributed by atoms with E-state index in [0.717, 1.165) is 22.3 Å². The fourth-order valence-electron chi connectivity index (χ4n) is 5.29. The molecule has 1 aromatic heterocycles. The first-order valence-electron chi connectivity index (χ1n) is 13.8. The molecule has 0 spiro atoms. The zero-order valence-corrected chi connectivity index (χ0v) is 23.5. The second-order valence-electron chi connectivity index (χ2n) is 10.3. The van der Waals surface area contributed by atoms with Crippen molar-refractivity contribution in [2.24, 2.45) is 27.9 Å². The van der Waals surface area contributed by atoms with E-state index in [-0.39, 0.29) is 53.7 Å². The molecule has 0 aliphatic carbocycles. The Hall–Kier alpha value is -5.27. The zero-order valence-electron chi connectivity index (χ0n) is 23.5. The minimum atomic E-state index is -0.505. The molecular formula is C29H34F2N12. The molecule has 0 fully saturated rings. The monoisotopic (exact) mass is 588 g/mol. The number of nitrogens with one attached hydrogen (secondary N) is 2. The van der Waals surface area contributed by atoms with Crippen LogP contribution in [0.25, 0.3) is 33.9 Å². The molecule has 0 atom stereocenters. The molecule has 10 N–H and O–H groups in total. The van der Waals surface area contributed by atoms with E-state index in [4.69, 9.17) is 33.8 Å². The third kappa shape index (κ3) is 6.32. The van der Waals surface area contributed by atoms with Gasteiger partial charge in [0.15, 0.2) is 29.5 Å². The number of aromatic nitrogens is 3. The van der Waals surface area contributed by atoms with Crippen molar-refractivity contribution >= 4 is 29.0 Å². The lowest BCUT2D eigenvalue weighted by Crippen LogP contribution is -2.39. The Labute approximate surface area is 247 Å². The largest absolute Gasteiger partial charge is 0.370 e. The van der Waals surface area contributed by atoms with Crippen LogP contribution < -0.4 is 22.9 Å². The number of nitrogens with zero attached hydrogens (tertiary/aromatic N) is 6. The first-order valence-corrected chi connectivity index (χ1v) is 13.8. The van der Waals surface area contributed by atoms with E-state index in [2.05, 4.69) is 15.2 Å². The SMILES string of the molecule is N=C(N)N1CC=C(c2ccc(-c3nnc(-c4ccc(C5=CCN(C(=N)N)CC5)cc4F)n3CCN=C(N)N)c(F)c2)CC1. The maximum absolute atomic E-state index is 15.6. The number of halogens is 2. The van der Waals surface area contributed by atoms with Crippen LogP contribution in [0.5, 0.6) is 0 Å². The summed E-state index contributed by atoms with van der Waals surface area (Å²) in [5.74, 6) is -0.670. The van der Waals surface area contributed by atoms with Gasteiger partial charge in [-0.25, -0.2) is 8.78 Å². The summed E-state index contributed by atoms with van der Waals surface area (Å²) in [6.07, 6.45) is 5.12. The minimum Gasteiger partial charge on any atom is -0.370 e. The predicted molar refractivity (Wildman–Crippen MR) is 164 cm³/mol. The predicted octanol–water partition coefficient (Wildman–Crippen LogP) is 2.13. The average Bonchev–Trinajstić information content (AvgIpc) is 3.40. The molecule has 2 aliphatic rings. The molecule has 12 nitrogen and oxygen atoms in total. The highest BCUT2D eigenvalue weighted by Gasteiger charge is 2.23. The van der Waals surface area contributed by atoms with Gasteiger partial charge in [0.05, 0.1) is 17.7 Å². The molecule has 224 valence electrons. The van der Waals surface area contributed by atoms with Gasteiger partial charge < -0.3 is 37.3 Å². The maximum atomic E-state index is 15.6. The number of benzene rings is 2. The highest BCUT2D eigenvalue weighted by atomic mass is 19.1. The first-order chi connectivity index (χ1) is 20.6. The third-order valence-corrected chi connectivity index (χ3v) is 7.63. The van der Waals surface area contributed by atoms with Gasteiger partial charge in [0, 0.05) is 32.7 Å². The molecule has 43 heavy (non-hydrogen) atoms. The Kier molecular flexibility index (Phi) is 8.36. The van der Waals surface area contributed by atoms with Crippen molar-refractivity contribution in [3.05, 3.63) is 71.3 Å². The third-order valence-electron chi connectivity index (χ3n) is 7.63. The van der Waals surface area contributed by atoms with E-state index in [9.17, 15) is 0 Å². The van der Waals surface area contributed by atoms with Crippen LogP contribution in [0.4, 0.5) is 8.78 Å². The fraction of sp³-hybridized carbons (Fsp3) is 0.276. The van der Waals surface area contributed by atoms with E-state index in [1.807, 2.05) is 24.3 Å². The highest BCUT2D eigenvalue weighted by Crippen LogP contribution is 2.32. The molecule has 0 saturated carbocycles. The van der Waals surface area contributed by atoms with Gasteiger partial charge in [0.1, 0.15) is 11.6 Å². The van der Waals surface area contributed by atoms with Crippen LogP contribution in [-0.2, 0) is 6.54 Å². The van der Waals surface area contributed by atoms with Crippen LogP contribution in [0.3, 0.4) is 0 Å². The van der Waals surface area contributed by atoms with Crippen molar-refractivity contribution in [1.29, 1.82) is 10.8 Å². The highest BCUT2D eigenvalue weighted by molar-refractivity contribution is 5.79. The second kappa shape index (κ2) is 12.3. The van der Waals surface area contributed by atoms with Gasteiger partial charge >= 0.3 is 0 Å². The van der Waals surface area contributed by atoms with Gasteiger partial charge in [-0.1, -0.05) is 24.3 Å². The summed E-state index contributed by atoms with van der Waals surface area (Å²) in [6.45, 7) is 2.44. The van der Waals surface area contributed by atoms with Crippen molar-refractivity contribution in [1.82, 2.24) is 24.6 Å². The molecule has 0 bridgehead atoms. The van der Waals surface area contributed by atoms with Crippen LogP contribution in [0.2, 0.25) is 0 Å². The summed E-state index contributed by atoms with van der Waals surface area (Å²) in [5, 5.41) is 23.7. The van der Waals surface area contributed by atoms with Crippen LogP contribution in [-0.4, -0.2) is 75.2 Å². The van der Waals surface area contributed by atoms with Crippen molar-refractivity contribution in [2.45, 2.75) is 19.4 Å². The Morgan fingerprint density at radius 2 is 1.23 bits per heavy atom. The number of hydrogen-bond acceptors (Lipinski definition) is 5. The van der Waals surface area contributed by atoms with Gasteiger partial charge in [-0.3, -0.25) is 15.8 Å². The molecule has 0 amide bonds. The lowest BCUT2D eigenvalue weighted by atomic mass is 9.97. The van der Waals surface area contributed by atoms with E-state index in [1.165, 1.54) is 12.1 Å². The normalized spacial score (nSPS) is 15.1. The van der Waals surface area contributed by atoms with Gasteiger partial charge in [-0.2, -0.15) is 0 Å². The van der Waals surface area contributed by atoms with Gasteiger partial charge in [0.2, 0.25) is 0 Å². The Bertz CT molecular complexity index is 1540. The molecule has 0 unspecified atom stereocenters. The lowest BCUT2D eigenvalue weighted by molar-refractivity contribution is 0.451. The molecular weight excluding hydrogens is 554 g/mol. The molecule has 3 aromatic rings. The van der Waals surface area contributed by atoms with E-state index in [0.29, 0.717) is 39.0 Å². The second-order valence-corrected chi connectivity index (χ2v) is 10.3. The molecule has 0 saturated heterocycles.